The fourth-order valence-electron chi connectivity index (χ4n) is 3.04. The highest BCUT2D eigenvalue weighted by molar-refractivity contribution is 8.00. The first-order valence-electron chi connectivity index (χ1n) is 6.61. The lowest BCUT2D eigenvalue weighted by Gasteiger charge is -2.41. The van der Waals surface area contributed by atoms with E-state index < -0.39 is 5.41 Å². The summed E-state index contributed by atoms with van der Waals surface area (Å²) < 4.78 is 0.143. The molecule has 3 nitrogen and oxygen atoms in total. The lowest BCUT2D eigenvalue weighted by Crippen LogP contribution is -2.54. The minimum Gasteiger partial charge on any atom is -0.392 e. The molecule has 0 aromatic heterocycles. The Morgan fingerprint density at radius 1 is 1.33 bits per heavy atom. The quantitative estimate of drug-likeness (QED) is 0.791. The van der Waals surface area contributed by atoms with E-state index in [-0.39, 0.29) is 10.7 Å². The maximum atomic E-state index is 12.8. The fourth-order valence-corrected chi connectivity index (χ4v) is 4.44. The van der Waals surface area contributed by atoms with Crippen LogP contribution < -0.4 is 5.73 Å². The number of carbonyl (C=O) groups excluding carboxylic acids is 1. The highest BCUT2D eigenvalue weighted by atomic mass is 32.2. The largest absolute Gasteiger partial charge is 0.392 e. The molecule has 5 heteroatoms. The molecular weight excluding hydrogens is 264 g/mol. The summed E-state index contributed by atoms with van der Waals surface area (Å²) in [6.07, 6.45) is 3.81. The minimum absolute atomic E-state index is 0.143. The van der Waals surface area contributed by atoms with Gasteiger partial charge >= 0.3 is 0 Å². The van der Waals surface area contributed by atoms with Crippen molar-refractivity contribution in [2.24, 2.45) is 11.1 Å². The van der Waals surface area contributed by atoms with Crippen molar-refractivity contribution in [3.05, 3.63) is 0 Å². The Kier molecular flexibility index (Phi) is 3.93. The molecule has 0 radical (unpaired) electrons. The first kappa shape index (κ1) is 14.1. The Balaban J connectivity index is 2.17. The summed E-state index contributed by atoms with van der Waals surface area (Å²) in [5.41, 5.74) is 5.35. The van der Waals surface area contributed by atoms with E-state index in [2.05, 4.69) is 13.8 Å². The third-order valence-electron chi connectivity index (χ3n) is 4.05. The fraction of sp³-hybridized carbons (Fsp3) is 0.846. The predicted octanol–water partition coefficient (Wildman–Crippen LogP) is 2.19. The average Bonchev–Trinajstić information content (AvgIpc) is 2.76. The summed E-state index contributed by atoms with van der Waals surface area (Å²) in [6, 6.07) is 0. The Labute approximate surface area is 119 Å². The van der Waals surface area contributed by atoms with Crippen LogP contribution in [0.1, 0.15) is 39.5 Å². The van der Waals surface area contributed by atoms with E-state index in [1.54, 1.807) is 0 Å². The van der Waals surface area contributed by atoms with Crippen molar-refractivity contribution < 1.29 is 4.79 Å². The van der Waals surface area contributed by atoms with Crippen molar-refractivity contribution in [1.82, 2.24) is 4.90 Å². The summed E-state index contributed by atoms with van der Waals surface area (Å²) in [7, 11) is 0. The number of thiocarbonyl (C=S) groups is 1. The molecule has 1 heterocycles. The van der Waals surface area contributed by atoms with E-state index in [4.69, 9.17) is 18.0 Å². The number of amides is 1. The number of thioether (sulfide) groups is 1. The molecule has 1 amide bonds. The molecule has 0 spiro atoms. The summed E-state index contributed by atoms with van der Waals surface area (Å²) in [4.78, 5) is 15.2. The van der Waals surface area contributed by atoms with Crippen LogP contribution in [0.5, 0.6) is 0 Å². The third-order valence-corrected chi connectivity index (χ3v) is 5.74. The van der Waals surface area contributed by atoms with Crippen LogP contribution in [0.2, 0.25) is 0 Å². The molecule has 0 aromatic carbocycles. The summed E-state index contributed by atoms with van der Waals surface area (Å²) >= 11 is 7.13. The summed E-state index contributed by atoms with van der Waals surface area (Å²) in [6.45, 7) is 6.02. The van der Waals surface area contributed by atoms with E-state index in [0.29, 0.717) is 4.99 Å². The van der Waals surface area contributed by atoms with Gasteiger partial charge in [0, 0.05) is 23.6 Å². The topological polar surface area (TPSA) is 46.3 Å². The SMILES string of the molecule is CC1(C)CN(C(=O)C2(C(N)=S)CCCC2)CCS1. The van der Waals surface area contributed by atoms with Crippen LogP contribution in [0.4, 0.5) is 0 Å². The smallest absolute Gasteiger partial charge is 0.235 e. The number of hydrogen-bond acceptors (Lipinski definition) is 3. The van der Waals surface area contributed by atoms with Crippen molar-refractivity contribution in [3.63, 3.8) is 0 Å². The molecule has 2 rings (SSSR count). The van der Waals surface area contributed by atoms with Gasteiger partial charge < -0.3 is 10.6 Å². The monoisotopic (exact) mass is 286 g/mol. The lowest BCUT2D eigenvalue weighted by atomic mass is 9.84. The van der Waals surface area contributed by atoms with Gasteiger partial charge in [-0.3, -0.25) is 4.79 Å². The van der Waals surface area contributed by atoms with Gasteiger partial charge in [0.2, 0.25) is 5.91 Å². The number of carbonyl (C=O) groups is 1. The molecule has 1 saturated carbocycles. The van der Waals surface area contributed by atoms with Crippen molar-refractivity contribution in [2.75, 3.05) is 18.8 Å². The molecule has 2 fully saturated rings. The van der Waals surface area contributed by atoms with Crippen molar-refractivity contribution in [1.29, 1.82) is 0 Å². The van der Waals surface area contributed by atoms with Crippen LogP contribution in [0.15, 0.2) is 0 Å². The third kappa shape index (κ3) is 2.52. The number of nitrogens with two attached hydrogens (primary N) is 1. The van der Waals surface area contributed by atoms with Crippen LogP contribution in [0.3, 0.4) is 0 Å². The zero-order chi connectivity index (χ0) is 13.4. The molecule has 2 N–H and O–H groups in total. The van der Waals surface area contributed by atoms with E-state index in [1.165, 1.54) is 0 Å². The van der Waals surface area contributed by atoms with Gasteiger partial charge in [-0.15, -0.1) is 0 Å². The van der Waals surface area contributed by atoms with Crippen LogP contribution in [-0.2, 0) is 4.79 Å². The van der Waals surface area contributed by atoms with Crippen LogP contribution in [0, 0.1) is 5.41 Å². The van der Waals surface area contributed by atoms with Gasteiger partial charge in [0.05, 0.1) is 10.4 Å². The summed E-state index contributed by atoms with van der Waals surface area (Å²) in [5.74, 6) is 1.19. The standard InChI is InChI=1S/C13H22N2OS2/c1-12(2)9-15(7-8-18-12)11(16)13(10(14)17)5-3-4-6-13/h3-9H2,1-2H3,(H2,14,17). The van der Waals surface area contributed by atoms with Crippen LogP contribution in [-0.4, -0.2) is 39.4 Å². The molecule has 102 valence electrons. The van der Waals surface area contributed by atoms with Gasteiger partial charge in [0.1, 0.15) is 0 Å². The molecule has 1 saturated heterocycles. The number of hydrogen-bond donors (Lipinski definition) is 1. The molecule has 1 aliphatic carbocycles. The average molecular weight is 286 g/mol. The van der Waals surface area contributed by atoms with Gasteiger partial charge in [-0.1, -0.05) is 25.1 Å². The Bertz CT molecular complexity index is 362. The Morgan fingerprint density at radius 2 is 1.94 bits per heavy atom. The number of nitrogens with zero attached hydrogens (tertiary/aromatic N) is 1. The molecule has 0 bridgehead atoms. The van der Waals surface area contributed by atoms with E-state index in [9.17, 15) is 4.79 Å². The molecule has 2 aliphatic rings. The second-order valence-corrected chi connectivity index (χ2v) is 8.23. The van der Waals surface area contributed by atoms with Crippen LogP contribution >= 0.6 is 24.0 Å². The van der Waals surface area contributed by atoms with Gasteiger partial charge in [-0.05, 0) is 26.7 Å². The molecule has 18 heavy (non-hydrogen) atoms. The number of rotatable bonds is 2. The summed E-state index contributed by atoms with van der Waals surface area (Å²) in [5, 5.41) is 0. The van der Waals surface area contributed by atoms with Crippen molar-refractivity contribution in [2.45, 2.75) is 44.3 Å². The zero-order valence-electron chi connectivity index (χ0n) is 11.2. The molecule has 1 aliphatic heterocycles. The van der Waals surface area contributed by atoms with E-state index in [0.717, 1.165) is 44.5 Å². The lowest BCUT2D eigenvalue weighted by molar-refractivity contribution is -0.138. The first-order chi connectivity index (χ1) is 8.37. The molecule has 0 atom stereocenters. The van der Waals surface area contributed by atoms with E-state index >= 15 is 0 Å². The van der Waals surface area contributed by atoms with Gasteiger partial charge in [-0.2, -0.15) is 11.8 Å². The second-order valence-electron chi connectivity index (χ2n) is 5.99. The van der Waals surface area contributed by atoms with Crippen molar-refractivity contribution >= 4 is 34.9 Å². The Morgan fingerprint density at radius 3 is 2.44 bits per heavy atom. The Hall–Kier alpha value is -0.290. The van der Waals surface area contributed by atoms with Crippen molar-refractivity contribution in [3.8, 4) is 0 Å². The predicted molar refractivity (Wildman–Crippen MR) is 80.8 cm³/mol. The normalized spacial score (nSPS) is 26.0. The molecular formula is C13H22N2OS2. The maximum absolute atomic E-state index is 12.8. The highest BCUT2D eigenvalue weighted by Gasteiger charge is 2.47. The van der Waals surface area contributed by atoms with Crippen LogP contribution in [0.25, 0.3) is 0 Å². The maximum Gasteiger partial charge on any atom is 0.235 e. The first-order valence-corrected chi connectivity index (χ1v) is 8.00. The second kappa shape index (κ2) is 5.00. The van der Waals surface area contributed by atoms with E-state index in [1.807, 2.05) is 16.7 Å². The van der Waals surface area contributed by atoms with Gasteiger partial charge in [0.25, 0.3) is 0 Å². The molecule has 0 unspecified atom stereocenters. The van der Waals surface area contributed by atoms with Gasteiger partial charge in [0.15, 0.2) is 0 Å². The molecule has 0 aromatic rings. The highest BCUT2D eigenvalue weighted by Crippen LogP contribution is 2.41. The van der Waals surface area contributed by atoms with Gasteiger partial charge in [-0.25, -0.2) is 0 Å². The minimum atomic E-state index is -0.534. The zero-order valence-corrected chi connectivity index (χ0v) is 12.8.